The van der Waals surface area contributed by atoms with Crippen molar-refractivity contribution in [1.29, 1.82) is 0 Å². The third kappa shape index (κ3) is 10.4. The molecule has 0 aromatic carbocycles. The Morgan fingerprint density at radius 3 is 1.62 bits per heavy atom. The lowest BCUT2D eigenvalue weighted by molar-refractivity contribution is 0.612. The summed E-state index contributed by atoms with van der Waals surface area (Å²) in [7, 11) is 0.511. The van der Waals surface area contributed by atoms with Crippen molar-refractivity contribution in [2.24, 2.45) is 8.67 Å². The van der Waals surface area contributed by atoms with Crippen LogP contribution in [0.2, 0.25) is 0 Å². The van der Waals surface area contributed by atoms with Crippen LogP contribution in [0.1, 0.15) is 0 Å². The van der Waals surface area contributed by atoms with Crippen molar-refractivity contribution in [2.45, 2.75) is 0 Å². The van der Waals surface area contributed by atoms with Gasteiger partial charge in [0, 0.05) is 10.7 Å². The highest BCUT2D eigenvalue weighted by Crippen LogP contribution is 2.76. The van der Waals surface area contributed by atoms with E-state index in [0.717, 1.165) is 0 Å². The second kappa shape index (κ2) is 4.99. The van der Waals surface area contributed by atoms with E-state index in [9.17, 15) is 8.42 Å². The summed E-state index contributed by atoms with van der Waals surface area (Å²) in [5, 5.41) is -3.21. The maximum Gasteiger partial charge on any atom is 0.342 e. The first-order valence-electron chi connectivity index (χ1n) is 2.12. The Bertz CT molecular complexity index is 377. The van der Waals surface area contributed by atoms with Gasteiger partial charge in [-0.3, -0.25) is 0 Å². The summed E-state index contributed by atoms with van der Waals surface area (Å²) in [5.74, 6) is -3.56. The van der Waals surface area contributed by atoms with E-state index in [1.807, 2.05) is 0 Å². The lowest BCUT2D eigenvalue weighted by Gasteiger charge is -2.02. The maximum atomic E-state index is 10.4. The highest BCUT2D eigenvalue weighted by Gasteiger charge is 2.20. The summed E-state index contributed by atoms with van der Waals surface area (Å²) in [6, 6.07) is 0. The number of rotatable bonds is 2. The van der Waals surface area contributed by atoms with Crippen molar-refractivity contribution in [3.8, 4) is 0 Å². The summed E-state index contributed by atoms with van der Waals surface area (Å²) in [6.45, 7) is 0. The molecule has 0 bridgehead atoms. The van der Waals surface area contributed by atoms with Crippen molar-refractivity contribution in [3.63, 3.8) is 0 Å². The zero-order chi connectivity index (χ0) is 10.9. The van der Waals surface area contributed by atoms with Gasteiger partial charge < -0.3 is 0 Å². The second-order valence-electron chi connectivity index (χ2n) is 1.46. The molecule has 0 aliphatic heterocycles. The van der Waals surface area contributed by atoms with E-state index in [2.05, 4.69) is 8.67 Å². The molecule has 0 rings (SSSR count). The van der Waals surface area contributed by atoms with E-state index in [4.69, 9.17) is 66.9 Å². The molecule has 0 aliphatic rings. The molecular weight excluding hydrogens is 367 g/mol. The molecule has 0 saturated heterocycles. The highest BCUT2D eigenvalue weighted by molar-refractivity contribution is 8.30. The molecule has 0 radical (unpaired) electrons. The largest absolute Gasteiger partial charge is 0.342 e. The van der Waals surface area contributed by atoms with Crippen LogP contribution in [0.15, 0.2) is 8.67 Å². The summed E-state index contributed by atoms with van der Waals surface area (Å²) in [5.41, 5.74) is 0. The predicted molar refractivity (Wildman–Crippen MR) is 62.7 cm³/mol. The quantitative estimate of drug-likeness (QED) is 0.474. The topological polar surface area (TPSA) is 58.9 Å². The third-order valence-electron chi connectivity index (χ3n) is 0.405. The van der Waals surface area contributed by atoms with Crippen molar-refractivity contribution in [2.75, 3.05) is 0 Å². The summed E-state index contributed by atoms with van der Waals surface area (Å²) < 4.78 is 26.9. The molecule has 0 fully saturated rings. The van der Waals surface area contributed by atoms with Crippen LogP contribution in [-0.4, -0.2) is 8.42 Å². The fraction of sp³-hybridized carbons (Fsp3) is 0. The normalized spacial score (nSPS) is 14.0. The molecule has 0 atom stereocenters. The van der Waals surface area contributed by atoms with Crippen molar-refractivity contribution >= 4 is 87.1 Å². The average Bonchev–Trinajstić information content (AvgIpc) is 1.43. The Morgan fingerprint density at radius 1 is 1.00 bits per heavy atom. The molecule has 0 spiro atoms. The standard InChI is InChI=1S/Cl6N2O2P2S/c1-11(2,3)7-12(4,5)8-13(6,9)10. The molecule has 80 valence electrons. The smallest absolute Gasteiger partial charge is 0.190 e. The highest BCUT2D eigenvalue weighted by atomic mass is 36.0. The van der Waals surface area contributed by atoms with Gasteiger partial charge in [0.25, 0.3) is 5.91 Å². The summed E-state index contributed by atoms with van der Waals surface area (Å²) in [4.78, 5) is 0. The van der Waals surface area contributed by atoms with Gasteiger partial charge >= 0.3 is 9.24 Å². The Balaban J connectivity index is 5.38. The van der Waals surface area contributed by atoms with Crippen LogP contribution in [-0.2, 0) is 9.24 Å². The fourth-order valence-electron chi connectivity index (χ4n) is 0.256. The number of nitrogens with zero attached hydrogens (tertiary/aromatic N) is 2. The lowest BCUT2D eigenvalue weighted by Crippen LogP contribution is -1.76. The van der Waals surface area contributed by atoms with E-state index in [-0.39, 0.29) is 0 Å². The van der Waals surface area contributed by atoms with Crippen molar-refractivity contribution in [3.05, 3.63) is 0 Å². The fourth-order valence-corrected chi connectivity index (χ4v) is 11.8. The SMILES string of the molecule is O=S(=O)(Cl)N=P(Cl)(Cl)N=P(Cl)(Cl)Cl. The van der Waals surface area contributed by atoms with Crippen LogP contribution < -0.4 is 0 Å². The Morgan fingerprint density at radius 2 is 1.38 bits per heavy atom. The van der Waals surface area contributed by atoms with E-state index in [1.54, 1.807) is 0 Å². The van der Waals surface area contributed by atoms with Crippen LogP contribution in [0.3, 0.4) is 0 Å². The van der Waals surface area contributed by atoms with Gasteiger partial charge in [-0.25, -0.2) is 0 Å². The molecule has 0 aliphatic carbocycles. The van der Waals surface area contributed by atoms with Gasteiger partial charge in [0.2, 0.25) is 5.11 Å². The predicted octanol–water partition coefficient (Wildman–Crippen LogP) is 5.56. The van der Waals surface area contributed by atoms with Crippen molar-refractivity contribution < 1.29 is 8.42 Å². The summed E-state index contributed by atoms with van der Waals surface area (Å²) >= 11 is 26.6. The van der Waals surface area contributed by atoms with Gasteiger partial charge in [0.1, 0.15) is 0 Å². The minimum absolute atomic E-state index is 2.81. The van der Waals surface area contributed by atoms with E-state index < -0.39 is 20.3 Å². The van der Waals surface area contributed by atoms with Crippen molar-refractivity contribution in [1.82, 2.24) is 0 Å². The van der Waals surface area contributed by atoms with Gasteiger partial charge in [-0.15, -0.1) is 4.15 Å². The van der Waals surface area contributed by atoms with Crippen LogP contribution in [0.25, 0.3) is 0 Å². The zero-order valence-electron chi connectivity index (χ0n) is 5.28. The summed E-state index contributed by atoms with van der Waals surface area (Å²) in [6.07, 6.45) is 0. The average molecular weight is 367 g/mol. The van der Waals surface area contributed by atoms with Gasteiger partial charge in [-0.05, 0) is 56.2 Å². The molecule has 0 N–H and O–H groups in total. The lowest BCUT2D eigenvalue weighted by atomic mass is 13.9. The monoisotopic (exact) mass is 364 g/mol. The molecular formula is Cl6N2O2P2S. The van der Waals surface area contributed by atoms with E-state index >= 15 is 0 Å². The third-order valence-corrected chi connectivity index (χ3v) is 8.35. The molecule has 4 nitrogen and oxygen atoms in total. The van der Waals surface area contributed by atoms with Gasteiger partial charge in [-0.1, -0.05) is 0 Å². The van der Waals surface area contributed by atoms with Gasteiger partial charge in [0.15, 0.2) is 0 Å². The first kappa shape index (κ1) is 15.2. The first-order chi connectivity index (χ1) is 5.41. The molecule has 0 heterocycles. The number of hydrogen-bond donors (Lipinski definition) is 0. The first-order valence-corrected chi connectivity index (χ1v) is 12.3. The Labute approximate surface area is 103 Å². The molecule has 0 amide bonds. The molecule has 0 aromatic rings. The van der Waals surface area contributed by atoms with Gasteiger partial charge in [-0.2, -0.15) is 12.9 Å². The van der Waals surface area contributed by atoms with Crippen LogP contribution >= 0.6 is 77.9 Å². The number of hydrogen-bond acceptors (Lipinski definition) is 2. The maximum absolute atomic E-state index is 10.4. The molecule has 0 aromatic heterocycles. The van der Waals surface area contributed by atoms with E-state index in [1.165, 1.54) is 0 Å². The molecule has 13 heavy (non-hydrogen) atoms. The Hall–Kier alpha value is 2.15. The van der Waals surface area contributed by atoms with E-state index in [0.29, 0.717) is 0 Å². The van der Waals surface area contributed by atoms with Crippen LogP contribution in [0.5, 0.6) is 0 Å². The van der Waals surface area contributed by atoms with Crippen LogP contribution in [0, 0.1) is 0 Å². The van der Waals surface area contributed by atoms with Gasteiger partial charge in [0.05, 0.1) is 0 Å². The molecule has 13 heteroatoms. The van der Waals surface area contributed by atoms with Crippen LogP contribution in [0.4, 0.5) is 0 Å². The number of halogens is 6. The minimum Gasteiger partial charge on any atom is -0.190 e. The minimum atomic E-state index is -4.22. The second-order valence-corrected chi connectivity index (χ2v) is 15.9. The Kier molecular flexibility index (Phi) is 5.81. The molecule has 0 unspecified atom stereocenters. The zero-order valence-corrected chi connectivity index (χ0v) is 12.4. The molecule has 0 saturated carbocycles.